The summed E-state index contributed by atoms with van der Waals surface area (Å²) in [7, 11) is 0. The van der Waals surface area contributed by atoms with Gasteiger partial charge in [0.1, 0.15) is 0 Å². The molecule has 3 rings (SSSR count). The molecular weight excluding hydrogens is 216 g/mol. The average molecular weight is 238 g/mol. The van der Waals surface area contributed by atoms with Gasteiger partial charge in [0.15, 0.2) is 0 Å². The summed E-state index contributed by atoms with van der Waals surface area (Å²) in [5, 5.41) is 12.6. The highest BCUT2D eigenvalue weighted by atomic mass is 16.3. The maximum atomic E-state index is 11.7. The standard InChI is InChI=1S/C13H22N2O2/c16-10-5-3-9(4-6-10)15-7-1-2-11-12(15)8-14-13(11)17/h9-12,16H,1-8H2,(H,14,17). The lowest BCUT2D eigenvalue weighted by Gasteiger charge is -2.43. The number of piperidine rings is 1. The Morgan fingerprint density at radius 1 is 1.18 bits per heavy atom. The number of amides is 1. The Labute approximate surface area is 102 Å². The monoisotopic (exact) mass is 238 g/mol. The van der Waals surface area contributed by atoms with Crippen LogP contribution in [0.1, 0.15) is 38.5 Å². The minimum atomic E-state index is -0.0878. The molecule has 2 heterocycles. The van der Waals surface area contributed by atoms with Gasteiger partial charge in [-0.25, -0.2) is 0 Å². The summed E-state index contributed by atoms with van der Waals surface area (Å²) in [5.74, 6) is 0.492. The first-order valence-electron chi connectivity index (χ1n) is 6.97. The fourth-order valence-corrected chi connectivity index (χ4v) is 3.83. The van der Waals surface area contributed by atoms with Crippen molar-refractivity contribution in [3.05, 3.63) is 0 Å². The fraction of sp³-hybridized carbons (Fsp3) is 0.923. The van der Waals surface area contributed by atoms with E-state index in [0.29, 0.717) is 12.1 Å². The number of fused-ring (bicyclic) bond motifs is 1. The van der Waals surface area contributed by atoms with E-state index in [0.717, 1.165) is 51.6 Å². The van der Waals surface area contributed by atoms with Crippen LogP contribution in [0.25, 0.3) is 0 Å². The van der Waals surface area contributed by atoms with Crippen LogP contribution in [0.4, 0.5) is 0 Å². The van der Waals surface area contributed by atoms with Gasteiger partial charge in [0.25, 0.3) is 0 Å². The number of hydrogen-bond donors (Lipinski definition) is 2. The van der Waals surface area contributed by atoms with E-state index in [1.54, 1.807) is 0 Å². The van der Waals surface area contributed by atoms with Crippen molar-refractivity contribution in [3.63, 3.8) is 0 Å². The van der Waals surface area contributed by atoms with Gasteiger partial charge in [-0.2, -0.15) is 0 Å². The third kappa shape index (κ3) is 2.08. The Bertz CT molecular complexity index is 300. The number of hydrogen-bond acceptors (Lipinski definition) is 3. The molecule has 3 aliphatic rings. The Hall–Kier alpha value is -0.610. The number of aliphatic hydroxyl groups excluding tert-OH is 1. The Kier molecular flexibility index (Phi) is 3.09. The summed E-state index contributed by atoms with van der Waals surface area (Å²) >= 11 is 0. The Morgan fingerprint density at radius 3 is 2.71 bits per heavy atom. The summed E-state index contributed by atoms with van der Waals surface area (Å²) in [6, 6.07) is 1.02. The molecule has 3 fully saturated rings. The van der Waals surface area contributed by atoms with Crippen molar-refractivity contribution in [2.24, 2.45) is 5.92 Å². The van der Waals surface area contributed by atoms with E-state index in [1.165, 1.54) is 0 Å². The van der Waals surface area contributed by atoms with Crippen molar-refractivity contribution in [1.82, 2.24) is 10.2 Å². The van der Waals surface area contributed by atoms with Gasteiger partial charge in [-0.05, 0) is 45.1 Å². The van der Waals surface area contributed by atoms with E-state index in [2.05, 4.69) is 10.2 Å². The number of aliphatic hydroxyl groups is 1. The molecule has 1 amide bonds. The van der Waals surface area contributed by atoms with Crippen LogP contribution >= 0.6 is 0 Å². The molecule has 0 bridgehead atoms. The predicted molar refractivity (Wildman–Crippen MR) is 64.5 cm³/mol. The lowest BCUT2D eigenvalue weighted by molar-refractivity contribution is -0.124. The Balaban J connectivity index is 1.68. The molecule has 1 saturated carbocycles. The molecule has 96 valence electrons. The van der Waals surface area contributed by atoms with E-state index < -0.39 is 0 Å². The van der Waals surface area contributed by atoms with Gasteiger partial charge in [-0.15, -0.1) is 0 Å². The SMILES string of the molecule is O=C1NCC2C1CCCN2C1CCC(O)CC1. The number of nitrogens with one attached hydrogen (secondary N) is 1. The molecule has 0 radical (unpaired) electrons. The first-order chi connectivity index (χ1) is 8.25. The quantitative estimate of drug-likeness (QED) is 0.699. The van der Waals surface area contributed by atoms with Gasteiger partial charge >= 0.3 is 0 Å². The minimum absolute atomic E-state index is 0.0878. The second-order valence-electron chi connectivity index (χ2n) is 5.76. The van der Waals surface area contributed by atoms with Gasteiger partial charge in [0, 0.05) is 18.6 Å². The van der Waals surface area contributed by atoms with E-state index >= 15 is 0 Å². The molecule has 0 spiro atoms. The molecule has 2 aliphatic heterocycles. The van der Waals surface area contributed by atoms with Crippen LogP contribution in [0.5, 0.6) is 0 Å². The van der Waals surface area contributed by atoms with Crippen molar-refractivity contribution in [2.75, 3.05) is 13.1 Å². The molecule has 1 aliphatic carbocycles. The van der Waals surface area contributed by atoms with Crippen LogP contribution < -0.4 is 5.32 Å². The van der Waals surface area contributed by atoms with E-state index in [-0.39, 0.29) is 17.9 Å². The number of nitrogens with zero attached hydrogens (tertiary/aromatic N) is 1. The summed E-state index contributed by atoms with van der Waals surface area (Å²) in [6.45, 7) is 1.97. The van der Waals surface area contributed by atoms with Gasteiger partial charge < -0.3 is 10.4 Å². The zero-order chi connectivity index (χ0) is 11.8. The molecular formula is C13H22N2O2. The van der Waals surface area contributed by atoms with Crippen LogP contribution in [0.2, 0.25) is 0 Å². The van der Waals surface area contributed by atoms with E-state index in [1.807, 2.05) is 0 Å². The molecule has 2 N–H and O–H groups in total. The van der Waals surface area contributed by atoms with E-state index in [9.17, 15) is 9.90 Å². The zero-order valence-corrected chi connectivity index (χ0v) is 10.3. The first-order valence-corrected chi connectivity index (χ1v) is 6.97. The van der Waals surface area contributed by atoms with Crippen molar-refractivity contribution in [2.45, 2.75) is 56.7 Å². The predicted octanol–water partition coefficient (Wildman–Crippen LogP) is 0.500. The Morgan fingerprint density at radius 2 is 1.94 bits per heavy atom. The minimum Gasteiger partial charge on any atom is -0.393 e. The van der Waals surface area contributed by atoms with Crippen LogP contribution in [0.3, 0.4) is 0 Å². The molecule has 2 saturated heterocycles. The van der Waals surface area contributed by atoms with Gasteiger partial charge in [0.2, 0.25) is 5.91 Å². The van der Waals surface area contributed by atoms with Crippen LogP contribution in [0, 0.1) is 5.92 Å². The molecule has 17 heavy (non-hydrogen) atoms. The highest BCUT2D eigenvalue weighted by Crippen LogP contribution is 2.33. The van der Waals surface area contributed by atoms with Gasteiger partial charge in [-0.3, -0.25) is 9.69 Å². The average Bonchev–Trinajstić information content (AvgIpc) is 2.73. The van der Waals surface area contributed by atoms with Crippen molar-refractivity contribution < 1.29 is 9.90 Å². The molecule has 2 unspecified atom stereocenters. The van der Waals surface area contributed by atoms with Gasteiger partial charge in [0.05, 0.1) is 12.0 Å². The van der Waals surface area contributed by atoms with Crippen molar-refractivity contribution >= 4 is 5.91 Å². The lowest BCUT2D eigenvalue weighted by atomic mass is 9.85. The van der Waals surface area contributed by atoms with Gasteiger partial charge in [-0.1, -0.05) is 0 Å². The molecule has 0 aromatic heterocycles. The maximum Gasteiger partial charge on any atom is 0.224 e. The summed E-state index contributed by atoms with van der Waals surface area (Å²) < 4.78 is 0. The van der Waals surface area contributed by atoms with Crippen LogP contribution in [0.15, 0.2) is 0 Å². The summed E-state index contributed by atoms with van der Waals surface area (Å²) in [5.41, 5.74) is 0. The molecule has 0 aromatic carbocycles. The first kappa shape index (κ1) is 11.5. The zero-order valence-electron chi connectivity index (χ0n) is 10.3. The van der Waals surface area contributed by atoms with E-state index in [4.69, 9.17) is 0 Å². The topological polar surface area (TPSA) is 52.6 Å². The van der Waals surface area contributed by atoms with Crippen molar-refractivity contribution in [3.8, 4) is 0 Å². The fourth-order valence-electron chi connectivity index (χ4n) is 3.83. The molecule has 4 nitrogen and oxygen atoms in total. The molecule has 4 heteroatoms. The lowest BCUT2D eigenvalue weighted by Crippen LogP contribution is -2.51. The summed E-state index contributed by atoms with van der Waals surface area (Å²) in [4.78, 5) is 14.3. The largest absolute Gasteiger partial charge is 0.393 e. The third-order valence-electron chi connectivity index (χ3n) is 4.78. The number of rotatable bonds is 1. The second kappa shape index (κ2) is 4.58. The second-order valence-corrected chi connectivity index (χ2v) is 5.76. The normalized spacial score (nSPS) is 43.2. The van der Waals surface area contributed by atoms with Crippen LogP contribution in [-0.2, 0) is 4.79 Å². The number of carbonyl (C=O) groups excluding carboxylic acids is 1. The maximum absolute atomic E-state index is 11.7. The molecule has 0 aromatic rings. The van der Waals surface area contributed by atoms with Crippen LogP contribution in [-0.4, -0.2) is 47.2 Å². The summed E-state index contributed by atoms with van der Waals surface area (Å²) in [6.07, 6.45) is 6.17. The number of carbonyl (C=O) groups is 1. The van der Waals surface area contributed by atoms with Crippen molar-refractivity contribution in [1.29, 1.82) is 0 Å². The highest BCUT2D eigenvalue weighted by Gasteiger charge is 2.43. The molecule has 2 atom stereocenters. The number of likely N-dealkylation sites (tertiary alicyclic amines) is 1. The highest BCUT2D eigenvalue weighted by molar-refractivity contribution is 5.82. The smallest absolute Gasteiger partial charge is 0.224 e. The third-order valence-corrected chi connectivity index (χ3v) is 4.78.